The molecule has 2 N–H and O–H groups in total. The van der Waals surface area contributed by atoms with E-state index in [0.717, 1.165) is 6.42 Å². The van der Waals surface area contributed by atoms with Crippen LogP contribution in [0.5, 0.6) is 11.5 Å². The molecule has 0 radical (unpaired) electrons. The standard InChI is InChI=1S/C16H22BrNO5/c1-5-6-23-14-11(17)7-10(8-12(14)22-4)15(19)18-13(9(2)3)16(20)21/h7-9,13H,5-6H2,1-4H3,(H,18,19)(H,20,21)/t13-/m0/s1. The summed E-state index contributed by atoms with van der Waals surface area (Å²) in [5.41, 5.74) is 0.296. The van der Waals surface area contributed by atoms with E-state index in [-0.39, 0.29) is 5.92 Å². The summed E-state index contributed by atoms with van der Waals surface area (Å²) in [6, 6.07) is 2.16. The molecular formula is C16H22BrNO5. The Bertz CT molecular complexity index is 574. The zero-order valence-corrected chi connectivity index (χ0v) is 15.3. The first kappa shape index (κ1) is 19.3. The van der Waals surface area contributed by atoms with Crippen LogP contribution in [0, 0.1) is 5.92 Å². The van der Waals surface area contributed by atoms with Gasteiger partial charge in [0.15, 0.2) is 11.5 Å². The first-order valence-corrected chi connectivity index (χ1v) is 8.15. The van der Waals surface area contributed by atoms with Gasteiger partial charge in [0.25, 0.3) is 5.91 Å². The number of amides is 1. The highest BCUT2D eigenvalue weighted by Crippen LogP contribution is 2.36. The number of hydrogen-bond acceptors (Lipinski definition) is 4. The minimum Gasteiger partial charge on any atom is -0.493 e. The topological polar surface area (TPSA) is 84.9 Å². The molecule has 7 heteroatoms. The van der Waals surface area contributed by atoms with E-state index in [1.165, 1.54) is 13.2 Å². The van der Waals surface area contributed by atoms with Crippen LogP contribution in [0.4, 0.5) is 0 Å². The Balaban J connectivity index is 3.06. The lowest BCUT2D eigenvalue weighted by Crippen LogP contribution is -2.44. The lowest BCUT2D eigenvalue weighted by molar-refractivity contribution is -0.140. The Labute approximate surface area is 144 Å². The lowest BCUT2D eigenvalue weighted by atomic mass is 10.0. The maximum atomic E-state index is 12.3. The minimum absolute atomic E-state index is 0.228. The van der Waals surface area contributed by atoms with Crippen LogP contribution in [0.1, 0.15) is 37.6 Å². The van der Waals surface area contributed by atoms with E-state index in [1.54, 1.807) is 19.9 Å². The van der Waals surface area contributed by atoms with Gasteiger partial charge in [0.2, 0.25) is 0 Å². The van der Waals surface area contributed by atoms with Crippen molar-refractivity contribution in [3.05, 3.63) is 22.2 Å². The van der Waals surface area contributed by atoms with Crippen molar-refractivity contribution < 1.29 is 24.2 Å². The van der Waals surface area contributed by atoms with Crippen molar-refractivity contribution in [3.63, 3.8) is 0 Å². The molecule has 0 bridgehead atoms. The average Bonchev–Trinajstić information content (AvgIpc) is 2.49. The van der Waals surface area contributed by atoms with Gasteiger partial charge in [-0.3, -0.25) is 4.79 Å². The largest absolute Gasteiger partial charge is 0.493 e. The number of aliphatic carboxylic acids is 1. The number of rotatable bonds is 8. The molecule has 0 aliphatic rings. The number of nitrogens with one attached hydrogen (secondary N) is 1. The zero-order valence-electron chi connectivity index (χ0n) is 13.7. The number of carboxylic acid groups (broad SMARTS) is 1. The molecule has 128 valence electrons. The van der Waals surface area contributed by atoms with E-state index in [1.807, 2.05) is 6.92 Å². The van der Waals surface area contributed by atoms with E-state index >= 15 is 0 Å². The van der Waals surface area contributed by atoms with Crippen LogP contribution in [0.15, 0.2) is 16.6 Å². The maximum absolute atomic E-state index is 12.3. The van der Waals surface area contributed by atoms with Gasteiger partial charge in [0.1, 0.15) is 6.04 Å². The quantitative estimate of drug-likeness (QED) is 0.715. The van der Waals surface area contributed by atoms with Gasteiger partial charge in [-0.05, 0) is 40.4 Å². The van der Waals surface area contributed by atoms with Crippen LogP contribution >= 0.6 is 15.9 Å². The van der Waals surface area contributed by atoms with Gasteiger partial charge >= 0.3 is 5.97 Å². The van der Waals surface area contributed by atoms with Crippen LogP contribution in [0.2, 0.25) is 0 Å². The van der Waals surface area contributed by atoms with E-state index in [0.29, 0.717) is 28.1 Å². The predicted octanol–water partition coefficient (Wildman–Crippen LogP) is 3.09. The molecule has 0 unspecified atom stereocenters. The van der Waals surface area contributed by atoms with Crippen molar-refractivity contribution in [3.8, 4) is 11.5 Å². The monoisotopic (exact) mass is 387 g/mol. The van der Waals surface area contributed by atoms with Crippen molar-refractivity contribution in [2.45, 2.75) is 33.2 Å². The normalized spacial score (nSPS) is 11.9. The van der Waals surface area contributed by atoms with Gasteiger partial charge in [-0.2, -0.15) is 0 Å². The summed E-state index contributed by atoms with van der Waals surface area (Å²) in [7, 11) is 1.48. The summed E-state index contributed by atoms with van der Waals surface area (Å²) in [6.45, 7) is 5.98. The summed E-state index contributed by atoms with van der Waals surface area (Å²) >= 11 is 3.36. The fourth-order valence-corrected chi connectivity index (χ4v) is 2.49. The van der Waals surface area contributed by atoms with E-state index in [4.69, 9.17) is 14.6 Å². The number of carbonyl (C=O) groups excluding carboxylic acids is 1. The van der Waals surface area contributed by atoms with Crippen LogP contribution in [-0.2, 0) is 4.79 Å². The molecule has 1 amide bonds. The molecule has 1 aromatic rings. The molecule has 0 aliphatic heterocycles. The molecule has 0 saturated heterocycles. The van der Waals surface area contributed by atoms with Gasteiger partial charge in [-0.25, -0.2) is 4.79 Å². The maximum Gasteiger partial charge on any atom is 0.326 e. The molecule has 23 heavy (non-hydrogen) atoms. The van der Waals surface area contributed by atoms with Gasteiger partial charge in [0, 0.05) is 5.56 Å². The highest BCUT2D eigenvalue weighted by molar-refractivity contribution is 9.10. The first-order valence-electron chi connectivity index (χ1n) is 7.35. The Morgan fingerprint density at radius 1 is 1.35 bits per heavy atom. The third kappa shape index (κ3) is 5.13. The number of hydrogen-bond donors (Lipinski definition) is 2. The van der Waals surface area contributed by atoms with Gasteiger partial charge in [0.05, 0.1) is 18.2 Å². The van der Waals surface area contributed by atoms with Gasteiger partial charge in [-0.15, -0.1) is 0 Å². The smallest absolute Gasteiger partial charge is 0.326 e. The second kappa shape index (κ2) is 8.76. The Morgan fingerprint density at radius 2 is 2.00 bits per heavy atom. The van der Waals surface area contributed by atoms with Gasteiger partial charge < -0.3 is 19.9 Å². The number of carboxylic acids is 1. The molecule has 0 fully saturated rings. The van der Waals surface area contributed by atoms with Crippen molar-refractivity contribution in [2.24, 2.45) is 5.92 Å². The third-order valence-corrected chi connectivity index (χ3v) is 3.75. The molecule has 0 aliphatic carbocycles. The lowest BCUT2D eigenvalue weighted by Gasteiger charge is -2.19. The van der Waals surface area contributed by atoms with Crippen molar-refractivity contribution >= 4 is 27.8 Å². The number of benzene rings is 1. The van der Waals surface area contributed by atoms with Crippen LogP contribution in [0.25, 0.3) is 0 Å². The second-order valence-corrected chi connectivity index (χ2v) is 6.23. The van der Waals surface area contributed by atoms with Crippen LogP contribution in [0.3, 0.4) is 0 Å². The molecule has 0 aromatic heterocycles. The predicted molar refractivity (Wildman–Crippen MR) is 90.2 cm³/mol. The molecule has 1 aromatic carbocycles. The number of halogens is 1. The summed E-state index contributed by atoms with van der Waals surface area (Å²) in [5.74, 6) is -0.845. The SMILES string of the molecule is CCCOc1c(Br)cc(C(=O)N[C@H](C(=O)O)C(C)C)cc1OC. The van der Waals surface area contributed by atoms with Crippen molar-refractivity contribution in [1.29, 1.82) is 0 Å². The third-order valence-electron chi connectivity index (χ3n) is 3.16. The molecular weight excluding hydrogens is 366 g/mol. The van der Waals surface area contributed by atoms with Crippen LogP contribution < -0.4 is 14.8 Å². The number of methoxy groups -OCH3 is 1. The minimum atomic E-state index is -1.07. The fourth-order valence-electron chi connectivity index (χ4n) is 1.93. The van der Waals surface area contributed by atoms with Gasteiger partial charge in [-0.1, -0.05) is 20.8 Å². The summed E-state index contributed by atoms with van der Waals surface area (Å²) in [6.07, 6.45) is 0.840. The van der Waals surface area contributed by atoms with E-state index in [2.05, 4.69) is 21.2 Å². The molecule has 0 saturated carbocycles. The number of carbonyl (C=O) groups is 2. The van der Waals surface area contributed by atoms with Crippen molar-refractivity contribution in [1.82, 2.24) is 5.32 Å². The average molecular weight is 388 g/mol. The summed E-state index contributed by atoms with van der Waals surface area (Å²) in [4.78, 5) is 23.5. The first-order chi connectivity index (χ1) is 10.8. The van der Waals surface area contributed by atoms with Crippen LogP contribution in [-0.4, -0.2) is 36.7 Å². The Hall–Kier alpha value is -1.76. The second-order valence-electron chi connectivity index (χ2n) is 5.37. The highest BCUT2D eigenvalue weighted by Gasteiger charge is 2.25. The molecule has 0 heterocycles. The van der Waals surface area contributed by atoms with E-state index in [9.17, 15) is 9.59 Å². The zero-order chi connectivity index (χ0) is 17.6. The Morgan fingerprint density at radius 3 is 2.48 bits per heavy atom. The fraction of sp³-hybridized carbons (Fsp3) is 0.500. The molecule has 1 rings (SSSR count). The highest BCUT2D eigenvalue weighted by atomic mass is 79.9. The van der Waals surface area contributed by atoms with E-state index < -0.39 is 17.9 Å². The summed E-state index contributed by atoms with van der Waals surface area (Å²) < 4.78 is 11.4. The Kier molecular flexibility index (Phi) is 7.35. The van der Waals surface area contributed by atoms with Crippen molar-refractivity contribution in [2.75, 3.05) is 13.7 Å². The summed E-state index contributed by atoms with van der Waals surface area (Å²) in [5, 5.41) is 11.7. The molecule has 6 nitrogen and oxygen atoms in total. The molecule has 1 atom stereocenters. The number of ether oxygens (including phenoxy) is 2. The molecule has 0 spiro atoms.